The summed E-state index contributed by atoms with van der Waals surface area (Å²) >= 11 is 0. The average molecular weight is 641 g/mol. The molecule has 2 aliphatic carbocycles. The molecule has 1 aromatic carbocycles. The van der Waals surface area contributed by atoms with Crippen molar-refractivity contribution < 1.29 is 33.4 Å². The first-order valence-electron chi connectivity index (χ1n) is 17.2. The third kappa shape index (κ3) is 9.07. The Labute approximate surface area is 272 Å². The third-order valence-electron chi connectivity index (χ3n) is 10.5. The van der Waals surface area contributed by atoms with Crippen molar-refractivity contribution in [2.24, 2.45) is 17.8 Å². The molecule has 2 saturated heterocycles. The number of hydrogen-bond donors (Lipinski definition) is 3. The Hall–Kier alpha value is -3.02. The first-order valence-corrected chi connectivity index (χ1v) is 17.2. The lowest BCUT2D eigenvalue weighted by atomic mass is 9.64. The van der Waals surface area contributed by atoms with Crippen molar-refractivity contribution in [3.05, 3.63) is 29.8 Å². The van der Waals surface area contributed by atoms with Gasteiger partial charge in [0.1, 0.15) is 23.4 Å². The summed E-state index contributed by atoms with van der Waals surface area (Å²) in [4.78, 5) is 55.9. The Kier molecular flexibility index (Phi) is 11.7. The van der Waals surface area contributed by atoms with Crippen molar-refractivity contribution in [3.63, 3.8) is 0 Å². The molecule has 11 heteroatoms. The van der Waals surface area contributed by atoms with E-state index in [-0.39, 0.29) is 24.7 Å². The molecule has 2 saturated carbocycles. The molecular formula is C35H52N4O7. The molecule has 46 heavy (non-hydrogen) atoms. The van der Waals surface area contributed by atoms with Gasteiger partial charge in [-0.15, -0.1) is 0 Å². The summed E-state index contributed by atoms with van der Waals surface area (Å²) in [6.07, 6.45) is 9.20. The zero-order chi connectivity index (χ0) is 32.7. The number of hydrogen-bond acceptors (Lipinski definition) is 8. The summed E-state index contributed by atoms with van der Waals surface area (Å²) in [6, 6.07) is 4.80. The van der Waals surface area contributed by atoms with Crippen LogP contribution < -0.4 is 20.7 Å². The van der Waals surface area contributed by atoms with Gasteiger partial charge in [0, 0.05) is 19.5 Å². The highest BCUT2D eigenvalue weighted by atomic mass is 16.6. The number of nitrogens with one attached hydrogen (secondary N) is 3. The van der Waals surface area contributed by atoms with Gasteiger partial charge in [-0.05, 0) is 62.1 Å². The van der Waals surface area contributed by atoms with E-state index in [9.17, 15) is 19.2 Å². The SMILES string of the molecule is COc1ccc(CC(NC(=O)C(C)NC(=O)CN2CCOCC2)C(=O)NC(CC2CCCC3CCCCC32)C(=O)C2(C)CO2)cc1. The van der Waals surface area contributed by atoms with Crippen LogP contribution in [0.25, 0.3) is 0 Å². The molecule has 1 aromatic rings. The van der Waals surface area contributed by atoms with E-state index in [0.29, 0.717) is 62.8 Å². The van der Waals surface area contributed by atoms with E-state index in [1.165, 1.54) is 32.1 Å². The van der Waals surface area contributed by atoms with Crippen LogP contribution in [0, 0.1) is 17.8 Å². The minimum Gasteiger partial charge on any atom is -0.497 e. The first kappa shape index (κ1) is 34.3. The number of carbonyl (C=O) groups is 4. The lowest BCUT2D eigenvalue weighted by molar-refractivity contribution is -0.134. The predicted octanol–water partition coefficient (Wildman–Crippen LogP) is 2.40. The highest BCUT2D eigenvalue weighted by molar-refractivity contribution is 5.98. The Morgan fingerprint density at radius 1 is 0.935 bits per heavy atom. The number of rotatable bonds is 14. The molecule has 3 amide bonds. The van der Waals surface area contributed by atoms with Gasteiger partial charge in [0.2, 0.25) is 17.7 Å². The fraction of sp³-hybridized carbons (Fsp3) is 0.714. The zero-order valence-corrected chi connectivity index (χ0v) is 27.7. The zero-order valence-electron chi connectivity index (χ0n) is 27.7. The lowest BCUT2D eigenvalue weighted by Gasteiger charge is -2.42. The number of carbonyl (C=O) groups excluding carboxylic acids is 4. The number of ketones is 1. The van der Waals surface area contributed by atoms with Crippen molar-refractivity contribution in [1.29, 1.82) is 0 Å². The topological polar surface area (TPSA) is 139 Å². The summed E-state index contributed by atoms with van der Waals surface area (Å²) < 4.78 is 16.2. The van der Waals surface area contributed by atoms with Gasteiger partial charge in [0.05, 0.1) is 39.5 Å². The van der Waals surface area contributed by atoms with Crippen molar-refractivity contribution in [3.8, 4) is 5.75 Å². The molecule has 0 bridgehead atoms. The van der Waals surface area contributed by atoms with Crippen LogP contribution in [-0.4, -0.2) is 98.7 Å². The molecule has 4 aliphatic rings. The van der Waals surface area contributed by atoms with Crippen LogP contribution in [0.4, 0.5) is 0 Å². The summed E-state index contributed by atoms with van der Waals surface area (Å²) in [5.74, 6) is 1.08. The summed E-state index contributed by atoms with van der Waals surface area (Å²) in [6.45, 7) is 6.37. The van der Waals surface area contributed by atoms with Gasteiger partial charge in [0.15, 0.2) is 5.78 Å². The van der Waals surface area contributed by atoms with Gasteiger partial charge in [-0.25, -0.2) is 0 Å². The molecule has 0 spiro atoms. The number of fused-ring (bicyclic) bond motifs is 1. The first-order chi connectivity index (χ1) is 22.1. The van der Waals surface area contributed by atoms with Crippen LogP contribution in [-0.2, 0) is 35.1 Å². The fourth-order valence-electron chi connectivity index (χ4n) is 7.61. The number of epoxide rings is 1. The molecule has 4 fully saturated rings. The number of ether oxygens (including phenoxy) is 3. The van der Waals surface area contributed by atoms with E-state index in [4.69, 9.17) is 14.2 Å². The van der Waals surface area contributed by atoms with E-state index in [0.717, 1.165) is 18.4 Å². The van der Waals surface area contributed by atoms with Crippen LogP contribution >= 0.6 is 0 Å². The second-order valence-corrected chi connectivity index (χ2v) is 13.9. The number of amides is 3. The van der Waals surface area contributed by atoms with Crippen LogP contribution in [0.15, 0.2) is 24.3 Å². The third-order valence-corrected chi connectivity index (χ3v) is 10.5. The molecule has 3 N–H and O–H groups in total. The number of morpholine rings is 1. The molecule has 0 aromatic heterocycles. The van der Waals surface area contributed by atoms with Crippen LogP contribution in [0.5, 0.6) is 5.75 Å². The highest BCUT2D eigenvalue weighted by Gasteiger charge is 2.51. The van der Waals surface area contributed by atoms with Crippen LogP contribution in [0.1, 0.15) is 70.8 Å². The number of methoxy groups -OCH3 is 1. The van der Waals surface area contributed by atoms with Crippen LogP contribution in [0.2, 0.25) is 0 Å². The van der Waals surface area contributed by atoms with Gasteiger partial charge in [-0.1, -0.05) is 50.7 Å². The molecule has 0 radical (unpaired) electrons. The molecule has 7 unspecified atom stereocenters. The summed E-state index contributed by atoms with van der Waals surface area (Å²) in [5, 5.41) is 8.72. The van der Waals surface area contributed by atoms with Crippen LogP contribution in [0.3, 0.4) is 0 Å². The van der Waals surface area contributed by atoms with E-state index < -0.39 is 35.5 Å². The lowest BCUT2D eigenvalue weighted by Crippen LogP contribution is -2.57. The minimum absolute atomic E-state index is 0.1000. The highest BCUT2D eigenvalue weighted by Crippen LogP contribution is 2.46. The van der Waals surface area contributed by atoms with Crippen molar-refractivity contribution in [2.75, 3.05) is 46.6 Å². The Morgan fingerprint density at radius 2 is 1.61 bits per heavy atom. The number of Topliss-reactive ketones (excluding diaryl/α,β-unsaturated/α-hetero) is 1. The second-order valence-electron chi connectivity index (χ2n) is 13.9. The van der Waals surface area contributed by atoms with Crippen molar-refractivity contribution in [1.82, 2.24) is 20.9 Å². The normalized spacial score (nSPS) is 28.1. The molecule has 7 atom stereocenters. The maximum Gasteiger partial charge on any atom is 0.243 e. The number of nitrogens with zero attached hydrogens (tertiary/aromatic N) is 1. The smallest absolute Gasteiger partial charge is 0.243 e. The van der Waals surface area contributed by atoms with Gasteiger partial charge >= 0.3 is 0 Å². The molecule has 2 aliphatic heterocycles. The summed E-state index contributed by atoms with van der Waals surface area (Å²) in [5.41, 5.74) is -0.0602. The minimum atomic E-state index is -0.962. The maximum atomic E-state index is 14.1. The van der Waals surface area contributed by atoms with E-state index in [1.807, 2.05) is 29.2 Å². The monoisotopic (exact) mass is 640 g/mol. The van der Waals surface area contributed by atoms with Crippen molar-refractivity contribution >= 4 is 23.5 Å². The Balaban J connectivity index is 1.28. The van der Waals surface area contributed by atoms with E-state index >= 15 is 0 Å². The van der Waals surface area contributed by atoms with E-state index in [1.54, 1.807) is 21.0 Å². The standard InChI is InChI=1S/C35H52N4O7/c1-23(36-31(40)21-39-15-17-45-18-16-39)33(42)38-30(19-24-11-13-27(44-3)14-12-24)34(43)37-29(32(41)35(2)22-46-35)20-26-9-6-8-25-7-4-5-10-28(25)26/h11-14,23,25-26,28-30H,4-10,15-22H2,1-3H3,(H,36,40)(H,37,43)(H,38,42). The molecular weight excluding hydrogens is 588 g/mol. The molecule has 2 heterocycles. The van der Waals surface area contributed by atoms with Gasteiger partial charge in [-0.2, -0.15) is 0 Å². The van der Waals surface area contributed by atoms with E-state index in [2.05, 4.69) is 16.0 Å². The van der Waals surface area contributed by atoms with Gasteiger partial charge in [0.25, 0.3) is 0 Å². The maximum absolute atomic E-state index is 14.1. The molecule has 254 valence electrons. The Bertz CT molecular complexity index is 1210. The average Bonchev–Trinajstić information content (AvgIpc) is 3.82. The molecule has 5 rings (SSSR count). The quantitative estimate of drug-likeness (QED) is 0.264. The van der Waals surface area contributed by atoms with Gasteiger partial charge < -0.3 is 30.2 Å². The fourth-order valence-corrected chi connectivity index (χ4v) is 7.61. The predicted molar refractivity (Wildman–Crippen MR) is 172 cm³/mol. The summed E-state index contributed by atoms with van der Waals surface area (Å²) in [7, 11) is 1.59. The van der Waals surface area contributed by atoms with Gasteiger partial charge in [-0.3, -0.25) is 24.1 Å². The van der Waals surface area contributed by atoms with Crippen molar-refractivity contribution in [2.45, 2.75) is 95.4 Å². The Morgan fingerprint density at radius 3 is 2.30 bits per heavy atom. The largest absolute Gasteiger partial charge is 0.497 e. The second kappa shape index (κ2) is 15.7. The molecule has 11 nitrogen and oxygen atoms in total. The number of benzene rings is 1.